The summed E-state index contributed by atoms with van der Waals surface area (Å²) in [7, 11) is 0. The lowest BCUT2D eigenvalue weighted by Crippen LogP contribution is -2.26. The van der Waals surface area contributed by atoms with E-state index >= 15 is 0 Å². The van der Waals surface area contributed by atoms with Crippen molar-refractivity contribution in [2.75, 3.05) is 18.5 Å². The molecule has 5 heteroatoms. The SMILES string of the molecule is OC(CNc1cc(Cl)ccc1Cl)COc1ccccc1. The third-order valence-corrected chi connectivity index (χ3v) is 3.21. The van der Waals surface area contributed by atoms with Gasteiger partial charge in [0, 0.05) is 11.6 Å². The lowest BCUT2D eigenvalue weighted by atomic mass is 10.3. The molecule has 0 aliphatic rings. The fraction of sp³-hybridized carbons (Fsp3) is 0.200. The molecule has 2 N–H and O–H groups in total. The highest BCUT2D eigenvalue weighted by Crippen LogP contribution is 2.25. The third-order valence-electron chi connectivity index (χ3n) is 2.64. The first-order valence-electron chi connectivity index (χ1n) is 6.20. The highest BCUT2D eigenvalue weighted by Gasteiger charge is 2.07. The largest absolute Gasteiger partial charge is 0.491 e. The molecule has 1 unspecified atom stereocenters. The zero-order valence-electron chi connectivity index (χ0n) is 10.7. The number of hydrogen-bond acceptors (Lipinski definition) is 3. The topological polar surface area (TPSA) is 41.5 Å². The highest BCUT2D eigenvalue weighted by molar-refractivity contribution is 6.35. The van der Waals surface area contributed by atoms with E-state index in [2.05, 4.69) is 5.32 Å². The Labute approximate surface area is 128 Å². The van der Waals surface area contributed by atoms with E-state index < -0.39 is 6.10 Å². The predicted molar refractivity (Wildman–Crippen MR) is 82.9 cm³/mol. The van der Waals surface area contributed by atoms with Crippen molar-refractivity contribution in [1.82, 2.24) is 0 Å². The first-order valence-corrected chi connectivity index (χ1v) is 6.95. The molecule has 0 radical (unpaired) electrons. The molecular weight excluding hydrogens is 297 g/mol. The Hall–Kier alpha value is -1.42. The Morgan fingerprint density at radius 3 is 2.60 bits per heavy atom. The number of benzene rings is 2. The molecule has 0 aromatic heterocycles. The van der Waals surface area contributed by atoms with Crippen molar-refractivity contribution in [3.63, 3.8) is 0 Å². The number of rotatable bonds is 6. The zero-order chi connectivity index (χ0) is 14.4. The monoisotopic (exact) mass is 311 g/mol. The summed E-state index contributed by atoms with van der Waals surface area (Å²) in [5, 5.41) is 14.1. The van der Waals surface area contributed by atoms with Gasteiger partial charge in [0.05, 0.1) is 10.7 Å². The predicted octanol–water partition coefficient (Wildman–Crippen LogP) is 3.85. The molecule has 2 rings (SSSR count). The molecule has 0 aliphatic heterocycles. The van der Waals surface area contributed by atoms with Gasteiger partial charge in [-0.1, -0.05) is 41.4 Å². The average molecular weight is 312 g/mol. The van der Waals surface area contributed by atoms with Crippen LogP contribution in [0.25, 0.3) is 0 Å². The van der Waals surface area contributed by atoms with E-state index in [1.54, 1.807) is 18.2 Å². The number of para-hydroxylation sites is 1. The molecule has 0 saturated carbocycles. The molecule has 3 nitrogen and oxygen atoms in total. The Morgan fingerprint density at radius 1 is 1.10 bits per heavy atom. The third kappa shape index (κ3) is 4.60. The molecule has 0 heterocycles. The van der Waals surface area contributed by atoms with Crippen molar-refractivity contribution in [3.8, 4) is 5.75 Å². The first kappa shape index (κ1) is 15.0. The minimum atomic E-state index is -0.648. The van der Waals surface area contributed by atoms with Crippen LogP contribution in [0, 0.1) is 0 Å². The van der Waals surface area contributed by atoms with Crippen molar-refractivity contribution in [1.29, 1.82) is 0 Å². The number of hydrogen-bond donors (Lipinski definition) is 2. The van der Waals surface area contributed by atoms with E-state index in [1.807, 2.05) is 30.3 Å². The lowest BCUT2D eigenvalue weighted by molar-refractivity contribution is 0.117. The van der Waals surface area contributed by atoms with Gasteiger partial charge in [-0.15, -0.1) is 0 Å². The van der Waals surface area contributed by atoms with Crippen molar-refractivity contribution >= 4 is 28.9 Å². The van der Waals surface area contributed by atoms with E-state index in [9.17, 15) is 5.11 Å². The molecule has 2 aromatic carbocycles. The van der Waals surface area contributed by atoms with Crippen molar-refractivity contribution < 1.29 is 9.84 Å². The van der Waals surface area contributed by atoms with Crippen LogP contribution in [0.1, 0.15) is 0 Å². The fourth-order valence-corrected chi connectivity index (χ4v) is 1.99. The van der Waals surface area contributed by atoms with E-state index in [0.717, 1.165) is 5.75 Å². The van der Waals surface area contributed by atoms with Gasteiger partial charge in [0.1, 0.15) is 18.5 Å². The van der Waals surface area contributed by atoms with Crippen LogP contribution >= 0.6 is 23.2 Å². The summed E-state index contributed by atoms with van der Waals surface area (Å²) < 4.78 is 5.46. The van der Waals surface area contributed by atoms with Crippen LogP contribution < -0.4 is 10.1 Å². The summed E-state index contributed by atoms with van der Waals surface area (Å²) in [6.07, 6.45) is -0.648. The average Bonchev–Trinajstić information content (AvgIpc) is 2.47. The van der Waals surface area contributed by atoms with Crippen LogP contribution in [-0.4, -0.2) is 24.4 Å². The lowest BCUT2D eigenvalue weighted by Gasteiger charge is -2.15. The number of ether oxygens (including phenoxy) is 1. The van der Waals surface area contributed by atoms with Crippen molar-refractivity contribution in [2.24, 2.45) is 0 Å². The Balaban J connectivity index is 1.80. The van der Waals surface area contributed by atoms with Crippen molar-refractivity contribution in [2.45, 2.75) is 6.10 Å². The molecule has 20 heavy (non-hydrogen) atoms. The molecular formula is C15H15Cl2NO2. The van der Waals surface area contributed by atoms with Crippen LogP contribution in [-0.2, 0) is 0 Å². The fourth-order valence-electron chi connectivity index (χ4n) is 1.63. The second-order valence-electron chi connectivity index (χ2n) is 4.28. The maximum atomic E-state index is 9.87. The van der Waals surface area contributed by atoms with Crippen LogP contribution in [0.4, 0.5) is 5.69 Å². The molecule has 0 spiro atoms. The minimum Gasteiger partial charge on any atom is -0.491 e. The summed E-state index contributed by atoms with van der Waals surface area (Å²) in [5.74, 6) is 0.729. The number of nitrogens with one attached hydrogen (secondary N) is 1. The molecule has 106 valence electrons. The van der Waals surface area contributed by atoms with E-state index in [0.29, 0.717) is 22.3 Å². The second-order valence-corrected chi connectivity index (χ2v) is 5.13. The van der Waals surface area contributed by atoms with Gasteiger partial charge in [-0.3, -0.25) is 0 Å². The summed E-state index contributed by atoms with van der Waals surface area (Å²) in [5.41, 5.74) is 0.693. The Morgan fingerprint density at radius 2 is 1.85 bits per heavy atom. The summed E-state index contributed by atoms with van der Waals surface area (Å²) in [6, 6.07) is 14.5. The summed E-state index contributed by atoms with van der Waals surface area (Å²) in [4.78, 5) is 0. The van der Waals surface area contributed by atoms with Crippen LogP contribution in [0.15, 0.2) is 48.5 Å². The van der Waals surface area contributed by atoms with E-state index in [4.69, 9.17) is 27.9 Å². The molecule has 2 aromatic rings. The van der Waals surface area contributed by atoms with Crippen LogP contribution in [0.5, 0.6) is 5.75 Å². The Bertz CT molecular complexity index is 549. The van der Waals surface area contributed by atoms with Gasteiger partial charge in [0.25, 0.3) is 0 Å². The second kappa shape index (κ2) is 7.39. The first-order chi connectivity index (χ1) is 9.65. The molecule has 0 amide bonds. The number of halogens is 2. The van der Waals surface area contributed by atoms with Crippen LogP contribution in [0.3, 0.4) is 0 Å². The number of aliphatic hydroxyl groups excluding tert-OH is 1. The molecule has 0 bridgehead atoms. The number of anilines is 1. The van der Waals surface area contributed by atoms with Gasteiger partial charge in [-0.05, 0) is 30.3 Å². The Kier molecular flexibility index (Phi) is 5.53. The van der Waals surface area contributed by atoms with Gasteiger partial charge in [0.2, 0.25) is 0 Å². The molecule has 0 fully saturated rings. The zero-order valence-corrected chi connectivity index (χ0v) is 12.2. The molecule has 0 aliphatic carbocycles. The minimum absolute atomic E-state index is 0.204. The molecule has 1 atom stereocenters. The van der Waals surface area contributed by atoms with E-state index in [-0.39, 0.29) is 6.61 Å². The summed E-state index contributed by atoms with van der Waals surface area (Å²) in [6.45, 7) is 0.530. The number of aliphatic hydroxyl groups is 1. The van der Waals surface area contributed by atoms with Gasteiger partial charge >= 0.3 is 0 Å². The quantitative estimate of drug-likeness (QED) is 0.851. The standard InChI is InChI=1S/C15H15Cl2NO2/c16-11-6-7-14(17)15(8-11)18-9-12(19)10-20-13-4-2-1-3-5-13/h1-8,12,18-19H,9-10H2. The van der Waals surface area contributed by atoms with Gasteiger partial charge in [0.15, 0.2) is 0 Å². The normalized spacial score (nSPS) is 11.9. The van der Waals surface area contributed by atoms with E-state index in [1.165, 1.54) is 0 Å². The maximum absolute atomic E-state index is 9.87. The summed E-state index contributed by atoms with van der Waals surface area (Å²) >= 11 is 11.9. The maximum Gasteiger partial charge on any atom is 0.119 e. The van der Waals surface area contributed by atoms with Crippen molar-refractivity contribution in [3.05, 3.63) is 58.6 Å². The highest BCUT2D eigenvalue weighted by atomic mass is 35.5. The molecule has 0 saturated heterocycles. The van der Waals surface area contributed by atoms with Gasteiger partial charge in [-0.25, -0.2) is 0 Å². The smallest absolute Gasteiger partial charge is 0.119 e. The van der Waals surface area contributed by atoms with Crippen LogP contribution in [0.2, 0.25) is 10.0 Å². The van der Waals surface area contributed by atoms with Gasteiger partial charge < -0.3 is 15.2 Å². The van der Waals surface area contributed by atoms with Gasteiger partial charge in [-0.2, -0.15) is 0 Å².